The van der Waals surface area contributed by atoms with Crippen molar-refractivity contribution in [2.45, 2.75) is 59.5 Å². The standard InChI is InChI=1S/C20H23N3O2S/c1-11(2)23-12(3)8-15(13(23)4)16(24)9-22-10-21-19-18(20(22)25)14-6-5-7-17(14)26-19/h8,10-11H,5-7,9H2,1-4H3. The molecule has 3 heterocycles. The molecule has 0 unspecified atom stereocenters. The Morgan fingerprint density at radius 3 is 2.77 bits per heavy atom. The molecule has 4 rings (SSSR count). The molecule has 6 heteroatoms. The molecular weight excluding hydrogens is 346 g/mol. The van der Waals surface area contributed by atoms with Crippen molar-refractivity contribution in [1.82, 2.24) is 14.1 Å². The molecule has 3 aromatic heterocycles. The highest BCUT2D eigenvalue weighted by molar-refractivity contribution is 7.18. The molecule has 26 heavy (non-hydrogen) atoms. The van der Waals surface area contributed by atoms with Gasteiger partial charge in [-0.25, -0.2) is 4.98 Å². The molecule has 136 valence electrons. The van der Waals surface area contributed by atoms with Gasteiger partial charge in [0.25, 0.3) is 5.56 Å². The number of nitrogens with zero attached hydrogens (tertiary/aromatic N) is 3. The monoisotopic (exact) mass is 369 g/mol. The van der Waals surface area contributed by atoms with Gasteiger partial charge in [-0.2, -0.15) is 0 Å². The largest absolute Gasteiger partial charge is 0.346 e. The molecule has 0 fully saturated rings. The van der Waals surface area contributed by atoms with E-state index in [1.54, 1.807) is 11.3 Å². The summed E-state index contributed by atoms with van der Waals surface area (Å²) in [6.07, 6.45) is 4.61. The van der Waals surface area contributed by atoms with Gasteiger partial charge in [-0.15, -0.1) is 11.3 Å². The zero-order valence-corrected chi connectivity index (χ0v) is 16.4. The Morgan fingerprint density at radius 2 is 2.08 bits per heavy atom. The molecule has 1 aliphatic carbocycles. The minimum absolute atomic E-state index is 0.0365. The van der Waals surface area contributed by atoms with Crippen molar-refractivity contribution in [3.63, 3.8) is 0 Å². The average molecular weight is 369 g/mol. The third-order valence-electron chi connectivity index (χ3n) is 5.31. The summed E-state index contributed by atoms with van der Waals surface area (Å²) in [7, 11) is 0. The van der Waals surface area contributed by atoms with E-state index in [0.29, 0.717) is 11.6 Å². The number of rotatable bonds is 4. The van der Waals surface area contributed by atoms with Crippen molar-refractivity contribution in [2.75, 3.05) is 0 Å². The highest BCUT2D eigenvalue weighted by atomic mass is 32.1. The van der Waals surface area contributed by atoms with E-state index in [1.165, 1.54) is 15.8 Å². The number of carbonyl (C=O) groups excluding carboxylic acids is 1. The minimum Gasteiger partial charge on any atom is -0.346 e. The second kappa shape index (κ2) is 6.20. The Hall–Kier alpha value is -2.21. The van der Waals surface area contributed by atoms with Crippen molar-refractivity contribution in [3.05, 3.63) is 50.1 Å². The van der Waals surface area contributed by atoms with E-state index in [2.05, 4.69) is 23.4 Å². The van der Waals surface area contributed by atoms with E-state index < -0.39 is 0 Å². The van der Waals surface area contributed by atoms with Crippen molar-refractivity contribution in [3.8, 4) is 0 Å². The molecule has 1 aliphatic rings. The van der Waals surface area contributed by atoms with Gasteiger partial charge in [0, 0.05) is 27.9 Å². The summed E-state index contributed by atoms with van der Waals surface area (Å²) in [5.41, 5.74) is 3.79. The van der Waals surface area contributed by atoms with Gasteiger partial charge in [-0.1, -0.05) is 0 Å². The van der Waals surface area contributed by atoms with Gasteiger partial charge < -0.3 is 4.57 Å². The van der Waals surface area contributed by atoms with E-state index in [1.807, 2.05) is 19.9 Å². The van der Waals surface area contributed by atoms with Crippen LogP contribution in [0.1, 0.15) is 58.5 Å². The lowest BCUT2D eigenvalue weighted by Gasteiger charge is -2.13. The molecule has 0 spiro atoms. The van der Waals surface area contributed by atoms with Crippen LogP contribution in [0.2, 0.25) is 0 Å². The second-order valence-corrected chi connectivity index (χ2v) is 8.47. The molecule has 0 saturated heterocycles. The zero-order chi connectivity index (χ0) is 18.6. The predicted octanol–water partition coefficient (Wildman–Crippen LogP) is 3.83. The molecule has 0 aromatic carbocycles. The molecule has 3 aromatic rings. The van der Waals surface area contributed by atoms with Crippen LogP contribution < -0.4 is 5.56 Å². The van der Waals surface area contributed by atoms with Gasteiger partial charge >= 0.3 is 0 Å². The van der Waals surface area contributed by atoms with Crippen LogP contribution in [0.3, 0.4) is 0 Å². The third kappa shape index (κ3) is 2.55. The Labute approximate surface area is 156 Å². The fourth-order valence-corrected chi connectivity index (χ4v) is 5.45. The molecule has 0 radical (unpaired) electrons. The molecule has 0 amide bonds. The number of fused-ring (bicyclic) bond motifs is 3. The lowest BCUT2D eigenvalue weighted by Crippen LogP contribution is -2.25. The smallest absolute Gasteiger partial charge is 0.262 e. The van der Waals surface area contributed by atoms with Gasteiger partial charge in [-0.05, 0) is 58.6 Å². The summed E-state index contributed by atoms with van der Waals surface area (Å²) in [4.78, 5) is 32.4. The number of hydrogen-bond acceptors (Lipinski definition) is 4. The highest BCUT2D eigenvalue weighted by Crippen LogP contribution is 2.34. The van der Waals surface area contributed by atoms with Crippen LogP contribution in [0.4, 0.5) is 0 Å². The Balaban J connectivity index is 1.72. The van der Waals surface area contributed by atoms with E-state index in [0.717, 1.165) is 46.4 Å². The van der Waals surface area contributed by atoms with Gasteiger partial charge in [0.05, 0.1) is 18.3 Å². The lowest BCUT2D eigenvalue weighted by atomic mass is 10.1. The number of Topliss-reactive ketones (excluding diaryl/α,β-unsaturated/α-hetero) is 1. The summed E-state index contributed by atoms with van der Waals surface area (Å²) >= 11 is 1.62. The van der Waals surface area contributed by atoms with Crippen molar-refractivity contribution in [1.29, 1.82) is 0 Å². The maximum atomic E-state index is 13.0. The Bertz CT molecular complexity index is 1080. The summed E-state index contributed by atoms with van der Waals surface area (Å²) in [5, 5.41) is 0.727. The zero-order valence-electron chi connectivity index (χ0n) is 15.6. The van der Waals surface area contributed by atoms with Crippen LogP contribution in [0.15, 0.2) is 17.2 Å². The van der Waals surface area contributed by atoms with Crippen molar-refractivity contribution >= 4 is 27.3 Å². The molecule has 0 saturated carbocycles. The maximum Gasteiger partial charge on any atom is 0.262 e. The lowest BCUT2D eigenvalue weighted by molar-refractivity contribution is 0.0970. The van der Waals surface area contributed by atoms with Crippen LogP contribution in [-0.4, -0.2) is 19.9 Å². The molecule has 0 bridgehead atoms. The summed E-state index contributed by atoms with van der Waals surface area (Å²) in [5.74, 6) is -0.0416. The van der Waals surface area contributed by atoms with E-state index in [4.69, 9.17) is 0 Å². The number of thiophene rings is 1. The minimum atomic E-state index is -0.0829. The van der Waals surface area contributed by atoms with E-state index in [9.17, 15) is 9.59 Å². The van der Waals surface area contributed by atoms with E-state index >= 15 is 0 Å². The van der Waals surface area contributed by atoms with Gasteiger partial charge in [-0.3, -0.25) is 14.2 Å². The Kier molecular flexibility index (Phi) is 4.10. The van der Waals surface area contributed by atoms with Gasteiger partial charge in [0.1, 0.15) is 4.83 Å². The first-order valence-electron chi connectivity index (χ1n) is 9.09. The highest BCUT2D eigenvalue weighted by Gasteiger charge is 2.23. The van der Waals surface area contributed by atoms with Crippen LogP contribution >= 0.6 is 11.3 Å². The number of aromatic nitrogens is 3. The fraction of sp³-hybridized carbons (Fsp3) is 0.450. The summed E-state index contributed by atoms with van der Waals surface area (Å²) < 4.78 is 3.63. The third-order valence-corrected chi connectivity index (χ3v) is 6.51. The van der Waals surface area contributed by atoms with Crippen LogP contribution in [0, 0.1) is 13.8 Å². The molecule has 0 aliphatic heterocycles. The van der Waals surface area contributed by atoms with E-state index in [-0.39, 0.29) is 17.9 Å². The van der Waals surface area contributed by atoms with Crippen LogP contribution in [0.25, 0.3) is 10.2 Å². The van der Waals surface area contributed by atoms with Crippen molar-refractivity contribution < 1.29 is 4.79 Å². The summed E-state index contributed by atoms with van der Waals surface area (Å²) in [6.45, 7) is 8.23. The Morgan fingerprint density at radius 1 is 1.31 bits per heavy atom. The molecule has 5 nitrogen and oxygen atoms in total. The average Bonchev–Trinajstić information content (AvgIpc) is 3.22. The van der Waals surface area contributed by atoms with Gasteiger partial charge in [0.2, 0.25) is 0 Å². The van der Waals surface area contributed by atoms with Crippen molar-refractivity contribution in [2.24, 2.45) is 0 Å². The van der Waals surface area contributed by atoms with Crippen LogP contribution in [-0.2, 0) is 19.4 Å². The quantitative estimate of drug-likeness (QED) is 0.657. The first kappa shape index (κ1) is 17.2. The number of ketones is 1. The SMILES string of the molecule is Cc1cc(C(=O)Cn2cnc3sc4c(c3c2=O)CCC4)c(C)n1C(C)C. The topological polar surface area (TPSA) is 56.9 Å². The second-order valence-electron chi connectivity index (χ2n) is 7.39. The summed E-state index contributed by atoms with van der Waals surface area (Å²) in [6, 6.07) is 2.22. The predicted molar refractivity (Wildman–Crippen MR) is 105 cm³/mol. The molecule has 0 atom stereocenters. The number of carbonyl (C=O) groups is 1. The maximum absolute atomic E-state index is 13.0. The number of aryl methyl sites for hydroxylation is 3. The molecular formula is C20H23N3O2S. The normalized spacial score (nSPS) is 13.7. The first-order chi connectivity index (χ1) is 12.4. The number of hydrogen-bond donors (Lipinski definition) is 0. The van der Waals surface area contributed by atoms with Gasteiger partial charge in [0.15, 0.2) is 5.78 Å². The fourth-order valence-electron chi connectivity index (χ4n) is 4.23. The van der Waals surface area contributed by atoms with Crippen LogP contribution in [0.5, 0.6) is 0 Å². The first-order valence-corrected chi connectivity index (χ1v) is 9.91. The molecule has 0 N–H and O–H groups in total.